The van der Waals surface area contributed by atoms with Crippen LogP contribution in [0.3, 0.4) is 0 Å². The lowest BCUT2D eigenvalue weighted by molar-refractivity contribution is 0.410. The predicted molar refractivity (Wildman–Crippen MR) is 68.7 cm³/mol. The molecule has 6 heteroatoms. The molecule has 2 nitrogen and oxygen atoms in total. The van der Waals surface area contributed by atoms with Crippen molar-refractivity contribution in [2.75, 3.05) is 0 Å². The molecule has 0 bridgehead atoms. The van der Waals surface area contributed by atoms with Crippen LogP contribution in [0, 0.1) is 17.5 Å². The summed E-state index contributed by atoms with van der Waals surface area (Å²) < 4.78 is 44.9. The Morgan fingerprint density at radius 2 is 1.68 bits per heavy atom. The van der Waals surface area contributed by atoms with E-state index in [1.54, 1.807) is 0 Å². The van der Waals surface area contributed by atoms with Crippen LogP contribution in [-0.2, 0) is 0 Å². The molecule has 0 unspecified atom stereocenters. The molecule has 0 amide bonds. The molecule has 2 aromatic rings. The SMILES string of the molecule is NC(=S)c1ccc(Oc2cc(F)ccc2F)c(F)c1. The van der Waals surface area contributed by atoms with Crippen LogP contribution in [0.1, 0.15) is 5.56 Å². The standard InChI is InChI=1S/C13H8F3NOS/c14-8-2-3-9(15)12(6-8)18-11-4-1-7(13(17)19)5-10(11)16/h1-6H,(H2,17,19). The normalized spacial score (nSPS) is 10.3. The van der Waals surface area contributed by atoms with Crippen molar-refractivity contribution in [3.63, 3.8) is 0 Å². The van der Waals surface area contributed by atoms with Crippen LogP contribution in [0.2, 0.25) is 0 Å². The van der Waals surface area contributed by atoms with Gasteiger partial charge in [-0.15, -0.1) is 0 Å². The second-order valence-electron chi connectivity index (χ2n) is 3.69. The van der Waals surface area contributed by atoms with E-state index in [0.717, 1.165) is 24.3 Å². The largest absolute Gasteiger partial charge is 0.451 e. The summed E-state index contributed by atoms with van der Waals surface area (Å²) in [5.41, 5.74) is 5.66. The van der Waals surface area contributed by atoms with Crippen LogP contribution >= 0.6 is 12.2 Å². The summed E-state index contributed by atoms with van der Waals surface area (Å²) in [6.45, 7) is 0. The van der Waals surface area contributed by atoms with Crippen molar-refractivity contribution >= 4 is 17.2 Å². The summed E-state index contributed by atoms with van der Waals surface area (Å²) in [5, 5.41) is 0. The van der Waals surface area contributed by atoms with Crippen molar-refractivity contribution in [2.45, 2.75) is 0 Å². The molecule has 98 valence electrons. The lowest BCUT2D eigenvalue weighted by Gasteiger charge is -2.08. The van der Waals surface area contributed by atoms with Gasteiger partial charge in [0.15, 0.2) is 23.1 Å². The molecule has 0 heterocycles. The van der Waals surface area contributed by atoms with E-state index in [9.17, 15) is 13.2 Å². The van der Waals surface area contributed by atoms with Gasteiger partial charge in [-0.3, -0.25) is 0 Å². The Kier molecular flexibility index (Phi) is 3.71. The molecule has 0 spiro atoms. The Hall–Kier alpha value is -2.08. The van der Waals surface area contributed by atoms with Crippen LogP contribution < -0.4 is 10.5 Å². The lowest BCUT2D eigenvalue weighted by Crippen LogP contribution is -2.09. The molecule has 0 aliphatic heterocycles. The highest BCUT2D eigenvalue weighted by Gasteiger charge is 2.11. The number of ether oxygens (including phenoxy) is 1. The first-order valence-corrected chi connectivity index (χ1v) is 5.60. The highest BCUT2D eigenvalue weighted by atomic mass is 32.1. The fourth-order valence-electron chi connectivity index (χ4n) is 1.41. The van der Waals surface area contributed by atoms with Gasteiger partial charge in [0.1, 0.15) is 10.8 Å². The molecule has 2 N–H and O–H groups in total. The molecule has 0 saturated carbocycles. The van der Waals surface area contributed by atoms with Crippen LogP contribution in [-0.4, -0.2) is 4.99 Å². The van der Waals surface area contributed by atoms with E-state index in [1.807, 2.05) is 0 Å². The topological polar surface area (TPSA) is 35.2 Å². The maximum Gasteiger partial charge on any atom is 0.166 e. The molecule has 19 heavy (non-hydrogen) atoms. The third kappa shape index (κ3) is 3.03. The van der Waals surface area contributed by atoms with Gasteiger partial charge < -0.3 is 10.5 Å². The van der Waals surface area contributed by atoms with Gasteiger partial charge in [0.05, 0.1) is 0 Å². The molecule has 2 rings (SSSR count). The molecule has 0 saturated heterocycles. The van der Waals surface area contributed by atoms with Crippen molar-refractivity contribution in [3.05, 3.63) is 59.4 Å². The van der Waals surface area contributed by atoms with Crippen LogP contribution in [0.15, 0.2) is 36.4 Å². The molecule has 0 aromatic heterocycles. The third-order valence-corrected chi connectivity index (χ3v) is 2.57. The van der Waals surface area contributed by atoms with Gasteiger partial charge in [-0.1, -0.05) is 12.2 Å². The lowest BCUT2D eigenvalue weighted by atomic mass is 10.2. The van der Waals surface area contributed by atoms with Crippen molar-refractivity contribution in [2.24, 2.45) is 5.73 Å². The van der Waals surface area contributed by atoms with E-state index < -0.39 is 23.2 Å². The summed E-state index contributed by atoms with van der Waals surface area (Å²) in [7, 11) is 0. The fourth-order valence-corrected chi connectivity index (χ4v) is 1.54. The molecular weight excluding hydrogens is 275 g/mol. The summed E-state index contributed by atoms with van der Waals surface area (Å²) in [6, 6.07) is 6.40. The Morgan fingerprint density at radius 3 is 2.32 bits per heavy atom. The molecule has 0 atom stereocenters. The monoisotopic (exact) mass is 283 g/mol. The number of nitrogens with two attached hydrogens (primary N) is 1. The smallest absolute Gasteiger partial charge is 0.166 e. The van der Waals surface area contributed by atoms with E-state index in [4.69, 9.17) is 22.7 Å². The molecule has 0 aliphatic carbocycles. The quantitative estimate of drug-likeness (QED) is 0.875. The van der Waals surface area contributed by atoms with Gasteiger partial charge >= 0.3 is 0 Å². The Morgan fingerprint density at radius 1 is 0.947 bits per heavy atom. The van der Waals surface area contributed by atoms with Gasteiger partial charge in [-0.2, -0.15) is 0 Å². The van der Waals surface area contributed by atoms with E-state index in [0.29, 0.717) is 5.56 Å². The van der Waals surface area contributed by atoms with E-state index in [2.05, 4.69) is 0 Å². The molecule has 2 aromatic carbocycles. The Bertz CT molecular complexity index is 646. The molecule has 0 radical (unpaired) electrons. The highest BCUT2D eigenvalue weighted by molar-refractivity contribution is 7.80. The third-order valence-electron chi connectivity index (χ3n) is 2.33. The van der Waals surface area contributed by atoms with Crippen molar-refractivity contribution in [1.29, 1.82) is 0 Å². The van der Waals surface area contributed by atoms with Gasteiger partial charge in [0.25, 0.3) is 0 Å². The zero-order chi connectivity index (χ0) is 14.0. The van der Waals surface area contributed by atoms with E-state index in [1.165, 1.54) is 12.1 Å². The first kappa shape index (κ1) is 13.4. The summed E-state index contributed by atoms with van der Waals surface area (Å²) in [4.78, 5) is 0.0300. The Labute approximate surface area is 112 Å². The minimum absolute atomic E-state index is 0.0300. The first-order valence-electron chi connectivity index (χ1n) is 5.19. The second-order valence-corrected chi connectivity index (χ2v) is 4.13. The Balaban J connectivity index is 2.33. The molecule has 0 aliphatic rings. The number of hydrogen-bond acceptors (Lipinski definition) is 2. The van der Waals surface area contributed by atoms with Crippen LogP contribution in [0.25, 0.3) is 0 Å². The predicted octanol–water partition coefficient (Wildman–Crippen LogP) is 3.53. The van der Waals surface area contributed by atoms with Gasteiger partial charge in [0, 0.05) is 11.6 Å². The average Bonchev–Trinajstić information content (AvgIpc) is 2.36. The summed E-state index contributed by atoms with van der Waals surface area (Å²) in [6.07, 6.45) is 0. The number of hydrogen-bond donors (Lipinski definition) is 1. The zero-order valence-electron chi connectivity index (χ0n) is 9.49. The summed E-state index contributed by atoms with van der Waals surface area (Å²) >= 11 is 4.69. The number of rotatable bonds is 3. The maximum atomic E-state index is 13.7. The fraction of sp³-hybridized carbons (Fsp3) is 0. The van der Waals surface area contributed by atoms with E-state index in [-0.39, 0.29) is 10.7 Å². The minimum Gasteiger partial charge on any atom is -0.451 e. The molecular formula is C13H8F3NOS. The first-order chi connectivity index (χ1) is 8.97. The van der Waals surface area contributed by atoms with Gasteiger partial charge in [0.2, 0.25) is 0 Å². The number of benzene rings is 2. The average molecular weight is 283 g/mol. The van der Waals surface area contributed by atoms with Crippen LogP contribution in [0.5, 0.6) is 11.5 Å². The van der Waals surface area contributed by atoms with Crippen LogP contribution in [0.4, 0.5) is 13.2 Å². The second kappa shape index (κ2) is 5.27. The number of halogens is 3. The van der Waals surface area contributed by atoms with Gasteiger partial charge in [-0.25, -0.2) is 13.2 Å². The van der Waals surface area contributed by atoms with Crippen molar-refractivity contribution in [3.8, 4) is 11.5 Å². The van der Waals surface area contributed by atoms with Crippen molar-refractivity contribution in [1.82, 2.24) is 0 Å². The van der Waals surface area contributed by atoms with Crippen molar-refractivity contribution < 1.29 is 17.9 Å². The zero-order valence-corrected chi connectivity index (χ0v) is 10.3. The number of thiocarbonyl (C=S) groups is 1. The maximum absolute atomic E-state index is 13.7. The molecule has 0 fully saturated rings. The van der Waals surface area contributed by atoms with Gasteiger partial charge in [-0.05, 0) is 30.3 Å². The van der Waals surface area contributed by atoms with E-state index >= 15 is 0 Å². The minimum atomic E-state index is -0.792. The summed E-state index contributed by atoms with van der Waals surface area (Å²) in [5.74, 6) is -2.89. The highest BCUT2D eigenvalue weighted by Crippen LogP contribution is 2.27.